The molecule has 1 fully saturated rings. The minimum Gasteiger partial charge on any atom is -0.369 e. The van der Waals surface area contributed by atoms with Gasteiger partial charge in [-0.15, -0.1) is 0 Å². The van der Waals surface area contributed by atoms with E-state index in [1.165, 1.54) is 30.3 Å². The van der Waals surface area contributed by atoms with Crippen LogP contribution < -0.4 is 31.4 Å². The molecule has 254 valence electrons. The summed E-state index contributed by atoms with van der Waals surface area (Å²) in [6, 6.07) is 20.8. The van der Waals surface area contributed by atoms with Crippen molar-refractivity contribution in [3.8, 4) is 0 Å². The van der Waals surface area contributed by atoms with E-state index >= 15 is 0 Å². The number of carbonyl (C=O) groups excluding carboxylic acids is 2. The zero-order valence-corrected chi connectivity index (χ0v) is 26.8. The third-order valence-corrected chi connectivity index (χ3v) is 8.93. The van der Waals surface area contributed by atoms with E-state index in [4.69, 9.17) is 5.14 Å². The summed E-state index contributed by atoms with van der Waals surface area (Å²) >= 11 is 0. The van der Waals surface area contributed by atoms with E-state index in [-0.39, 0.29) is 16.2 Å². The van der Waals surface area contributed by atoms with Crippen LogP contribution in [0.2, 0.25) is 0 Å². The van der Waals surface area contributed by atoms with Gasteiger partial charge in [-0.05, 0) is 85.9 Å². The number of sulfonamides is 1. The summed E-state index contributed by atoms with van der Waals surface area (Å²) in [6.45, 7) is 2.48. The molecule has 0 radical (unpaired) electrons. The molecule has 16 heteroatoms. The number of nitrogens with two attached hydrogens (primary N) is 1. The molecule has 0 aliphatic carbocycles. The van der Waals surface area contributed by atoms with Gasteiger partial charge in [0.05, 0.1) is 21.8 Å². The van der Waals surface area contributed by atoms with Gasteiger partial charge in [0.1, 0.15) is 0 Å². The first-order valence-electron chi connectivity index (χ1n) is 15.0. The van der Waals surface area contributed by atoms with Crippen molar-refractivity contribution in [2.45, 2.75) is 11.1 Å². The summed E-state index contributed by atoms with van der Waals surface area (Å²) in [5.41, 5.74) is 5.19. The quantitative estimate of drug-likeness (QED) is 0.164. The number of fused-ring (bicyclic) bond motifs is 1. The van der Waals surface area contributed by atoms with Gasteiger partial charge in [-0.2, -0.15) is 18.3 Å². The molecule has 49 heavy (non-hydrogen) atoms. The van der Waals surface area contributed by atoms with E-state index in [1.54, 1.807) is 42.5 Å². The maximum Gasteiger partial charge on any atom is 0.416 e. The largest absolute Gasteiger partial charge is 0.416 e. The van der Waals surface area contributed by atoms with Gasteiger partial charge in [-0.25, -0.2) is 13.6 Å². The number of amides is 2. The minimum absolute atomic E-state index is 0.0615. The SMILES string of the molecule is CN1CCN(c2cc(C(=O)Nc3cccc(Nc4ccc5c(c4)NC(=O)/C5=N\Nc4ccc(S(N)(=O)=O)cc4)c3)cc(C(F)(F)F)c2)CC1. The number of rotatable bonds is 8. The fourth-order valence-electron chi connectivity index (χ4n) is 5.38. The maximum absolute atomic E-state index is 13.8. The third-order valence-electron chi connectivity index (χ3n) is 8.00. The van der Waals surface area contributed by atoms with Crippen LogP contribution in [0.15, 0.2) is 94.9 Å². The van der Waals surface area contributed by atoms with Crippen LogP contribution in [0.1, 0.15) is 21.5 Å². The molecule has 0 saturated carbocycles. The Bertz CT molecular complexity index is 2060. The summed E-state index contributed by atoms with van der Waals surface area (Å²) in [7, 11) is -1.90. The molecule has 0 aromatic heterocycles. The first kappa shape index (κ1) is 33.5. The number of carbonyl (C=O) groups is 2. The minimum atomic E-state index is -4.62. The lowest BCUT2D eigenvalue weighted by molar-refractivity contribution is -0.137. The molecule has 0 spiro atoms. The van der Waals surface area contributed by atoms with Gasteiger partial charge in [-0.1, -0.05) is 6.07 Å². The molecule has 2 aliphatic heterocycles. The summed E-state index contributed by atoms with van der Waals surface area (Å²) < 4.78 is 64.3. The number of alkyl halides is 3. The second-order valence-corrected chi connectivity index (χ2v) is 13.1. The van der Waals surface area contributed by atoms with Crippen LogP contribution in [0.4, 0.5) is 47.3 Å². The van der Waals surface area contributed by atoms with E-state index in [2.05, 4.69) is 31.4 Å². The Kier molecular flexibility index (Phi) is 9.02. The van der Waals surface area contributed by atoms with Crippen molar-refractivity contribution >= 4 is 61.7 Å². The Hall–Kier alpha value is -5.45. The molecule has 0 unspecified atom stereocenters. The second-order valence-electron chi connectivity index (χ2n) is 11.6. The number of halogens is 3. The zero-order valence-electron chi connectivity index (χ0n) is 26.0. The number of nitrogens with one attached hydrogen (secondary N) is 4. The van der Waals surface area contributed by atoms with Crippen LogP contribution in [0.3, 0.4) is 0 Å². The van der Waals surface area contributed by atoms with E-state index < -0.39 is 33.6 Å². The monoisotopic (exact) mass is 692 g/mol. The molecule has 2 heterocycles. The summed E-state index contributed by atoms with van der Waals surface area (Å²) in [5.74, 6) is -1.13. The van der Waals surface area contributed by atoms with E-state index in [0.717, 1.165) is 12.1 Å². The second kappa shape index (κ2) is 13.2. The smallest absolute Gasteiger partial charge is 0.369 e. The lowest BCUT2D eigenvalue weighted by Crippen LogP contribution is -2.44. The number of hydrazone groups is 1. The number of primary sulfonamides is 1. The number of nitrogens with zero attached hydrogens (tertiary/aromatic N) is 3. The van der Waals surface area contributed by atoms with Crippen LogP contribution in [0.5, 0.6) is 0 Å². The topological polar surface area (TPSA) is 161 Å². The van der Waals surface area contributed by atoms with Crippen LogP contribution in [-0.2, 0) is 21.0 Å². The highest BCUT2D eigenvalue weighted by Gasteiger charge is 2.33. The van der Waals surface area contributed by atoms with Gasteiger partial charge < -0.3 is 25.8 Å². The Morgan fingerprint density at radius 3 is 2.24 bits per heavy atom. The number of hydrogen-bond acceptors (Lipinski definition) is 9. The standard InChI is InChI=1S/C33H31F3N8O4S/c1-43-11-13-44(14-12-43)26-16-20(15-21(17-26)33(34,35)36)31(45)39-24-4-2-3-23(18-24)38-25-7-10-28-29(19-25)40-32(46)30(28)42-41-22-5-8-27(9-6-22)49(37,47)48/h2-10,15-19,38,41H,11-14H2,1H3,(H,39,45)(H2,37,47,48)(H,40,42,46). The number of piperazine rings is 1. The molecular weight excluding hydrogens is 661 g/mol. The molecule has 0 atom stereocenters. The average Bonchev–Trinajstić information content (AvgIpc) is 3.37. The number of anilines is 6. The fraction of sp³-hybridized carbons (Fsp3) is 0.182. The predicted molar refractivity (Wildman–Crippen MR) is 182 cm³/mol. The molecule has 1 saturated heterocycles. The molecule has 12 nitrogen and oxygen atoms in total. The van der Waals surface area contributed by atoms with Gasteiger partial charge in [-0.3, -0.25) is 15.0 Å². The molecule has 2 aliphatic rings. The highest BCUT2D eigenvalue weighted by molar-refractivity contribution is 7.89. The maximum atomic E-state index is 13.8. The summed E-state index contributed by atoms with van der Waals surface area (Å²) in [5, 5.41) is 18.0. The van der Waals surface area contributed by atoms with E-state index in [1.807, 2.05) is 11.9 Å². The van der Waals surface area contributed by atoms with Crippen LogP contribution in [0.25, 0.3) is 0 Å². The van der Waals surface area contributed by atoms with Crippen LogP contribution in [0, 0.1) is 0 Å². The zero-order chi connectivity index (χ0) is 34.9. The number of likely N-dealkylation sites (N-methyl/N-ethyl adjacent to an activating group) is 1. The molecule has 6 N–H and O–H groups in total. The Labute approximate surface area is 279 Å². The van der Waals surface area contributed by atoms with E-state index in [0.29, 0.717) is 65.9 Å². The Balaban J connectivity index is 1.15. The highest BCUT2D eigenvalue weighted by Crippen LogP contribution is 2.34. The van der Waals surface area contributed by atoms with Crippen molar-refractivity contribution in [1.82, 2.24) is 4.90 Å². The number of benzene rings is 4. The van der Waals surface area contributed by atoms with Crippen LogP contribution >= 0.6 is 0 Å². The fourth-order valence-corrected chi connectivity index (χ4v) is 5.90. The van der Waals surface area contributed by atoms with Crippen molar-refractivity contribution in [2.75, 3.05) is 59.5 Å². The number of hydrogen-bond donors (Lipinski definition) is 5. The van der Waals surface area contributed by atoms with Gasteiger partial charge in [0.25, 0.3) is 11.8 Å². The summed E-state index contributed by atoms with van der Waals surface area (Å²) in [4.78, 5) is 29.8. The van der Waals surface area contributed by atoms with Crippen LogP contribution in [-0.4, -0.2) is 64.1 Å². The van der Waals surface area contributed by atoms with Gasteiger partial charge >= 0.3 is 6.18 Å². The molecule has 4 aromatic carbocycles. The molecule has 4 aromatic rings. The van der Waals surface area contributed by atoms with E-state index in [9.17, 15) is 31.2 Å². The van der Waals surface area contributed by atoms with Crippen molar-refractivity contribution in [3.05, 3.63) is 102 Å². The predicted octanol–water partition coefficient (Wildman–Crippen LogP) is 4.87. The average molecular weight is 693 g/mol. The van der Waals surface area contributed by atoms with Crippen molar-refractivity contribution in [1.29, 1.82) is 0 Å². The van der Waals surface area contributed by atoms with Gasteiger partial charge in [0.2, 0.25) is 10.0 Å². The molecule has 2 amide bonds. The first-order chi connectivity index (χ1) is 23.2. The molecule has 0 bridgehead atoms. The van der Waals surface area contributed by atoms with Gasteiger partial charge in [0, 0.05) is 60.1 Å². The highest BCUT2D eigenvalue weighted by atomic mass is 32.2. The van der Waals surface area contributed by atoms with Crippen molar-refractivity contribution in [2.24, 2.45) is 10.2 Å². The first-order valence-corrected chi connectivity index (χ1v) is 16.5. The Morgan fingerprint density at radius 2 is 1.55 bits per heavy atom. The third kappa shape index (κ3) is 7.83. The Morgan fingerprint density at radius 1 is 0.878 bits per heavy atom. The summed E-state index contributed by atoms with van der Waals surface area (Å²) in [6.07, 6.45) is -4.62. The lowest BCUT2D eigenvalue weighted by atomic mass is 10.1. The normalized spacial score (nSPS) is 15.9. The molecule has 6 rings (SSSR count). The van der Waals surface area contributed by atoms with Crippen molar-refractivity contribution in [3.63, 3.8) is 0 Å². The lowest BCUT2D eigenvalue weighted by Gasteiger charge is -2.34. The van der Waals surface area contributed by atoms with Gasteiger partial charge in [0.15, 0.2) is 5.71 Å². The van der Waals surface area contributed by atoms with Crippen molar-refractivity contribution < 1.29 is 31.2 Å². The molecular formula is C33H31F3N8O4S.